The molecule has 0 atom stereocenters. The van der Waals surface area contributed by atoms with Crippen LogP contribution >= 0.6 is 0 Å². The molecule has 0 aliphatic heterocycles. The average molecular weight is 307 g/mol. The Kier molecular flexibility index (Phi) is 7.22. The van der Waals surface area contributed by atoms with Crippen molar-refractivity contribution in [3.8, 4) is 5.75 Å². The Morgan fingerprint density at radius 1 is 1.18 bits per heavy atom. The Hall–Kier alpha value is -1.71. The summed E-state index contributed by atoms with van der Waals surface area (Å²) in [5, 5.41) is 2.76. The molecule has 0 aromatic heterocycles. The van der Waals surface area contributed by atoms with E-state index in [0.717, 1.165) is 24.3 Å². The van der Waals surface area contributed by atoms with Crippen LogP contribution in [-0.2, 0) is 11.3 Å². The summed E-state index contributed by atoms with van der Waals surface area (Å²) in [5.41, 5.74) is 0.656. The van der Waals surface area contributed by atoms with E-state index >= 15 is 0 Å². The third-order valence-electron chi connectivity index (χ3n) is 2.96. The van der Waals surface area contributed by atoms with Gasteiger partial charge in [-0.3, -0.25) is 0 Å². The van der Waals surface area contributed by atoms with E-state index in [0.29, 0.717) is 5.92 Å². The third-order valence-corrected chi connectivity index (χ3v) is 2.96. The van der Waals surface area contributed by atoms with Crippen LogP contribution in [0.25, 0.3) is 0 Å². The van der Waals surface area contributed by atoms with Gasteiger partial charge in [-0.25, -0.2) is 4.79 Å². The number of hydrogen-bond donors (Lipinski definition) is 1. The quantitative estimate of drug-likeness (QED) is 0.753. The lowest BCUT2D eigenvalue weighted by molar-refractivity contribution is 0.131. The van der Waals surface area contributed by atoms with Gasteiger partial charge in [-0.15, -0.1) is 0 Å². The van der Waals surface area contributed by atoms with E-state index in [-0.39, 0.29) is 12.1 Å². The molecule has 4 nitrogen and oxygen atoms in total. The molecule has 4 heteroatoms. The van der Waals surface area contributed by atoms with Crippen molar-refractivity contribution in [2.24, 2.45) is 5.92 Å². The van der Waals surface area contributed by atoms with Crippen molar-refractivity contribution in [1.29, 1.82) is 0 Å². The molecule has 0 unspecified atom stereocenters. The first-order valence-electron chi connectivity index (χ1n) is 7.93. The van der Waals surface area contributed by atoms with E-state index in [1.165, 1.54) is 6.42 Å². The van der Waals surface area contributed by atoms with Gasteiger partial charge in [0.05, 0.1) is 6.61 Å². The van der Waals surface area contributed by atoms with Gasteiger partial charge in [0.25, 0.3) is 0 Å². The maximum atomic E-state index is 11.6. The largest absolute Gasteiger partial charge is 0.494 e. The van der Waals surface area contributed by atoms with Gasteiger partial charge in [0.15, 0.2) is 0 Å². The molecule has 1 aromatic rings. The fraction of sp³-hybridized carbons (Fsp3) is 0.611. The number of alkyl carbamates (subject to hydrolysis) is 1. The normalized spacial score (nSPS) is 11.4. The summed E-state index contributed by atoms with van der Waals surface area (Å²) < 4.78 is 10.9. The van der Waals surface area contributed by atoms with E-state index < -0.39 is 6.09 Å². The second-order valence-electron chi connectivity index (χ2n) is 6.98. The number of carbonyl (C=O) groups excluding carboxylic acids is 1. The molecule has 0 saturated carbocycles. The smallest absolute Gasteiger partial charge is 0.407 e. The van der Waals surface area contributed by atoms with Gasteiger partial charge in [0.2, 0.25) is 0 Å². The predicted octanol–water partition coefficient (Wildman–Crippen LogP) is 4.53. The predicted molar refractivity (Wildman–Crippen MR) is 89.1 cm³/mol. The zero-order chi connectivity index (χ0) is 16.6. The van der Waals surface area contributed by atoms with Gasteiger partial charge in [0, 0.05) is 5.54 Å². The number of carbonyl (C=O) groups is 1. The van der Waals surface area contributed by atoms with E-state index in [1.807, 2.05) is 45.0 Å². The van der Waals surface area contributed by atoms with E-state index in [1.54, 1.807) is 0 Å². The molecule has 1 aromatic carbocycles. The minimum absolute atomic E-state index is 0.259. The van der Waals surface area contributed by atoms with Crippen LogP contribution in [0.4, 0.5) is 4.79 Å². The van der Waals surface area contributed by atoms with Crippen LogP contribution < -0.4 is 10.1 Å². The van der Waals surface area contributed by atoms with E-state index in [2.05, 4.69) is 19.2 Å². The standard InChI is InChI=1S/C18H29NO3/c1-14(2)7-6-12-21-16-10-8-15(9-11-16)13-22-17(20)19-18(3,4)5/h8-11,14H,6-7,12-13H2,1-5H3,(H,19,20). The molecule has 0 aliphatic carbocycles. The van der Waals surface area contributed by atoms with Gasteiger partial charge in [0.1, 0.15) is 12.4 Å². The fourth-order valence-electron chi connectivity index (χ4n) is 1.85. The van der Waals surface area contributed by atoms with E-state index in [4.69, 9.17) is 9.47 Å². The summed E-state index contributed by atoms with van der Waals surface area (Å²) in [6.45, 7) is 11.2. The number of benzene rings is 1. The molecular weight excluding hydrogens is 278 g/mol. The van der Waals surface area contributed by atoms with Gasteiger partial charge in [-0.2, -0.15) is 0 Å². The first kappa shape index (κ1) is 18.3. The maximum Gasteiger partial charge on any atom is 0.407 e. The van der Waals surface area contributed by atoms with Gasteiger partial charge in [-0.05, 0) is 57.2 Å². The highest BCUT2D eigenvalue weighted by molar-refractivity contribution is 5.68. The molecule has 0 aliphatic rings. The van der Waals surface area contributed by atoms with Crippen molar-refractivity contribution in [1.82, 2.24) is 5.32 Å². The molecule has 124 valence electrons. The second kappa shape index (κ2) is 8.66. The van der Waals surface area contributed by atoms with Crippen LogP contribution in [0.5, 0.6) is 5.75 Å². The van der Waals surface area contributed by atoms with Crippen molar-refractivity contribution >= 4 is 6.09 Å². The first-order chi connectivity index (χ1) is 10.3. The lowest BCUT2D eigenvalue weighted by atomic mass is 10.1. The van der Waals surface area contributed by atoms with Gasteiger partial charge >= 0.3 is 6.09 Å². The number of nitrogens with one attached hydrogen (secondary N) is 1. The summed E-state index contributed by atoms with van der Waals surface area (Å²) in [6.07, 6.45) is 1.84. The van der Waals surface area contributed by atoms with Gasteiger partial charge < -0.3 is 14.8 Å². The molecule has 0 fully saturated rings. The van der Waals surface area contributed by atoms with Crippen LogP contribution in [0.1, 0.15) is 53.0 Å². The Labute approximate surface area is 134 Å². The summed E-state index contributed by atoms with van der Waals surface area (Å²) in [7, 11) is 0. The fourth-order valence-corrected chi connectivity index (χ4v) is 1.85. The molecule has 0 bridgehead atoms. The van der Waals surface area contributed by atoms with Crippen LogP contribution in [0.15, 0.2) is 24.3 Å². The summed E-state index contributed by atoms with van der Waals surface area (Å²) in [4.78, 5) is 11.6. The van der Waals surface area contributed by atoms with Crippen LogP contribution in [0, 0.1) is 5.92 Å². The minimum Gasteiger partial charge on any atom is -0.494 e. The van der Waals surface area contributed by atoms with Crippen LogP contribution in [0.2, 0.25) is 0 Å². The van der Waals surface area contributed by atoms with Crippen LogP contribution in [0.3, 0.4) is 0 Å². The van der Waals surface area contributed by atoms with Crippen molar-refractivity contribution < 1.29 is 14.3 Å². The zero-order valence-electron chi connectivity index (χ0n) is 14.4. The minimum atomic E-state index is -0.401. The van der Waals surface area contributed by atoms with Crippen LogP contribution in [-0.4, -0.2) is 18.2 Å². The molecule has 1 N–H and O–H groups in total. The number of hydrogen-bond acceptors (Lipinski definition) is 3. The molecule has 0 saturated heterocycles. The summed E-state index contributed by atoms with van der Waals surface area (Å²) in [6, 6.07) is 7.66. The van der Waals surface area contributed by atoms with Crippen molar-refractivity contribution in [2.45, 2.75) is 59.6 Å². The summed E-state index contributed by atoms with van der Waals surface area (Å²) in [5.74, 6) is 1.56. The van der Waals surface area contributed by atoms with Gasteiger partial charge in [-0.1, -0.05) is 26.0 Å². The third kappa shape index (κ3) is 8.55. The highest BCUT2D eigenvalue weighted by atomic mass is 16.5. The molecule has 0 radical (unpaired) electrons. The number of ether oxygens (including phenoxy) is 2. The van der Waals surface area contributed by atoms with Crippen molar-refractivity contribution in [3.05, 3.63) is 29.8 Å². The maximum absolute atomic E-state index is 11.6. The highest BCUT2D eigenvalue weighted by Gasteiger charge is 2.14. The average Bonchev–Trinajstić information content (AvgIpc) is 2.40. The molecule has 1 amide bonds. The number of amides is 1. The molecule has 0 heterocycles. The monoisotopic (exact) mass is 307 g/mol. The molecular formula is C18H29NO3. The molecule has 0 spiro atoms. The zero-order valence-corrected chi connectivity index (χ0v) is 14.4. The van der Waals surface area contributed by atoms with Crippen molar-refractivity contribution in [3.63, 3.8) is 0 Å². The lowest BCUT2D eigenvalue weighted by Gasteiger charge is -2.19. The topological polar surface area (TPSA) is 47.6 Å². The number of rotatable bonds is 7. The Balaban J connectivity index is 2.31. The van der Waals surface area contributed by atoms with E-state index in [9.17, 15) is 4.79 Å². The second-order valence-corrected chi connectivity index (χ2v) is 6.98. The Morgan fingerprint density at radius 3 is 2.36 bits per heavy atom. The SMILES string of the molecule is CC(C)CCCOc1ccc(COC(=O)NC(C)(C)C)cc1. The Bertz CT molecular complexity index is 446. The molecule has 22 heavy (non-hydrogen) atoms. The molecule has 1 rings (SSSR count). The highest BCUT2D eigenvalue weighted by Crippen LogP contribution is 2.14. The summed E-state index contributed by atoms with van der Waals surface area (Å²) >= 11 is 0. The lowest BCUT2D eigenvalue weighted by Crippen LogP contribution is -2.40. The first-order valence-corrected chi connectivity index (χ1v) is 7.93. The Morgan fingerprint density at radius 2 is 1.82 bits per heavy atom. The van der Waals surface area contributed by atoms with Crippen molar-refractivity contribution in [2.75, 3.05) is 6.61 Å².